The van der Waals surface area contributed by atoms with Crippen LogP contribution in [0.2, 0.25) is 0 Å². The van der Waals surface area contributed by atoms with Gasteiger partial charge in [0, 0.05) is 26.1 Å². The maximum absolute atomic E-state index is 12.0. The molecule has 2 atom stereocenters. The van der Waals surface area contributed by atoms with E-state index in [1.165, 1.54) is 12.8 Å². The zero-order chi connectivity index (χ0) is 11.4. The van der Waals surface area contributed by atoms with Gasteiger partial charge in [-0.2, -0.15) is 0 Å². The first kappa shape index (κ1) is 11.6. The molecule has 16 heavy (non-hydrogen) atoms. The zero-order valence-electron chi connectivity index (χ0n) is 10.1. The lowest BCUT2D eigenvalue weighted by Gasteiger charge is -2.22. The van der Waals surface area contributed by atoms with Gasteiger partial charge in [0.25, 0.3) is 0 Å². The third-order valence-corrected chi connectivity index (χ3v) is 3.63. The molecule has 1 aliphatic carbocycles. The highest BCUT2D eigenvalue weighted by atomic mass is 16.2. The predicted octanol–water partition coefficient (Wildman–Crippen LogP) is 1.55. The van der Waals surface area contributed by atoms with Gasteiger partial charge in [0.2, 0.25) is 5.91 Å². The van der Waals surface area contributed by atoms with E-state index in [1.54, 1.807) is 0 Å². The van der Waals surface area contributed by atoms with Gasteiger partial charge in [-0.05, 0) is 38.1 Å². The lowest BCUT2D eigenvalue weighted by molar-refractivity contribution is -0.130. The van der Waals surface area contributed by atoms with E-state index in [2.05, 4.69) is 17.5 Å². The molecule has 0 aromatic heterocycles. The summed E-state index contributed by atoms with van der Waals surface area (Å²) >= 11 is 0. The average molecular weight is 222 g/mol. The Morgan fingerprint density at radius 1 is 1.50 bits per heavy atom. The van der Waals surface area contributed by atoms with Gasteiger partial charge >= 0.3 is 0 Å². The summed E-state index contributed by atoms with van der Waals surface area (Å²) in [5, 5.41) is 3.43. The molecular weight excluding hydrogens is 200 g/mol. The van der Waals surface area contributed by atoms with E-state index in [0.29, 0.717) is 24.3 Å². The number of allylic oxidation sites excluding steroid dienone is 2. The van der Waals surface area contributed by atoms with Crippen molar-refractivity contribution >= 4 is 5.91 Å². The molecule has 0 bridgehead atoms. The van der Waals surface area contributed by atoms with Crippen LogP contribution in [0.1, 0.15) is 32.1 Å². The van der Waals surface area contributed by atoms with Crippen LogP contribution in [-0.4, -0.2) is 37.0 Å². The van der Waals surface area contributed by atoms with Crippen LogP contribution in [0.25, 0.3) is 0 Å². The summed E-state index contributed by atoms with van der Waals surface area (Å²) in [6.45, 7) is 1.98. The number of carbonyl (C=O) groups excluding carboxylic acids is 1. The Morgan fingerprint density at radius 3 is 3.00 bits per heavy atom. The molecule has 2 rings (SSSR count). The number of amides is 1. The van der Waals surface area contributed by atoms with Crippen molar-refractivity contribution in [3.05, 3.63) is 12.2 Å². The predicted molar refractivity (Wildman–Crippen MR) is 65.1 cm³/mol. The van der Waals surface area contributed by atoms with Crippen LogP contribution in [0, 0.1) is 5.92 Å². The second-order valence-electron chi connectivity index (χ2n) is 5.04. The van der Waals surface area contributed by atoms with Gasteiger partial charge in [0.15, 0.2) is 0 Å². The molecule has 0 radical (unpaired) electrons. The van der Waals surface area contributed by atoms with Crippen molar-refractivity contribution in [2.75, 3.05) is 20.1 Å². The lowest BCUT2D eigenvalue weighted by atomic mass is 10.0. The molecule has 3 nitrogen and oxygen atoms in total. The summed E-state index contributed by atoms with van der Waals surface area (Å²) in [5.41, 5.74) is 0. The summed E-state index contributed by atoms with van der Waals surface area (Å²) in [6.07, 6.45) is 9.84. The standard InChI is InChI=1S/C13H22N2O/c1-15(10-12-7-4-8-14-12)13(16)9-11-5-2-3-6-11/h2,5,11-12,14H,3-4,6-10H2,1H3. The number of hydrogen-bond donors (Lipinski definition) is 1. The second-order valence-corrected chi connectivity index (χ2v) is 5.04. The van der Waals surface area contributed by atoms with Crippen LogP contribution in [-0.2, 0) is 4.79 Å². The molecule has 1 N–H and O–H groups in total. The van der Waals surface area contributed by atoms with Crippen LogP contribution in [0.15, 0.2) is 12.2 Å². The average Bonchev–Trinajstić information content (AvgIpc) is 2.90. The number of likely N-dealkylation sites (N-methyl/N-ethyl adjacent to an activating group) is 1. The lowest BCUT2D eigenvalue weighted by Crippen LogP contribution is -2.39. The molecule has 2 unspecified atom stereocenters. The highest BCUT2D eigenvalue weighted by Crippen LogP contribution is 2.21. The summed E-state index contributed by atoms with van der Waals surface area (Å²) < 4.78 is 0. The van der Waals surface area contributed by atoms with Crippen molar-refractivity contribution in [1.29, 1.82) is 0 Å². The maximum atomic E-state index is 12.0. The van der Waals surface area contributed by atoms with Crippen LogP contribution < -0.4 is 5.32 Å². The number of carbonyl (C=O) groups is 1. The Morgan fingerprint density at radius 2 is 2.38 bits per heavy atom. The highest BCUT2D eigenvalue weighted by molar-refractivity contribution is 5.76. The second kappa shape index (κ2) is 5.48. The number of nitrogens with zero attached hydrogens (tertiary/aromatic N) is 1. The molecule has 1 saturated heterocycles. The molecule has 3 heteroatoms. The van der Waals surface area contributed by atoms with Crippen molar-refractivity contribution in [2.45, 2.75) is 38.1 Å². The van der Waals surface area contributed by atoms with Crippen molar-refractivity contribution in [2.24, 2.45) is 5.92 Å². The molecule has 90 valence electrons. The molecule has 1 amide bonds. The first-order chi connectivity index (χ1) is 7.75. The fourth-order valence-corrected chi connectivity index (χ4v) is 2.59. The Bertz CT molecular complexity index is 269. The zero-order valence-corrected chi connectivity index (χ0v) is 10.1. The Labute approximate surface area is 97.9 Å². The molecule has 1 aliphatic heterocycles. The summed E-state index contributed by atoms with van der Waals surface area (Å²) in [5.74, 6) is 0.789. The van der Waals surface area contributed by atoms with Gasteiger partial charge in [-0.25, -0.2) is 0 Å². The Balaban J connectivity index is 1.72. The SMILES string of the molecule is CN(CC1CCCN1)C(=O)CC1C=CCC1. The molecule has 0 aromatic rings. The number of nitrogens with one attached hydrogen (secondary N) is 1. The van der Waals surface area contributed by atoms with Gasteiger partial charge < -0.3 is 10.2 Å². The summed E-state index contributed by atoms with van der Waals surface area (Å²) in [6, 6.07) is 0.521. The monoisotopic (exact) mass is 222 g/mol. The Hall–Kier alpha value is -0.830. The topological polar surface area (TPSA) is 32.3 Å². The van der Waals surface area contributed by atoms with E-state index in [9.17, 15) is 4.79 Å². The molecule has 0 spiro atoms. The van der Waals surface area contributed by atoms with E-state index in [1.807, 2.05) is 11.9 Å². The fraction of sp³-hybridized carbons (Fsp3) is 0.769. The smallest absolute Gasteiger partial charge is 0.222 e. The van der Waals surface area contributed by atoms with E-state index in [0.717, 1.165) is 25.9 Å². The minimum Gasteiger partial charge on any atom is -0.344 e. The largest absolute Gasteiger partial charge is 0.344 e. The molecule has 1 heterocycles. The quantitative estimate of drug-likeness (QED) is 0.732. The third kappa shape index (κ3) is 3.08. The number of rotatable bonds is 4. The van der Waals surface area contributed by atoms with Gasteiger partial charge in [0.05, 0.1) is 0 Å². The van der Waals surface area contributed by atoms with Crippen LogP contribution in [0.4, 0.5) is 0 Å². The first-order valence-corrected chi connectivity index (χ1v) is 6.39. The van der Waals surface area contributed by atoms with Crippen LogP contribution in [0.3, 0.4) is 0 Å². The highest BCUT2D eigenvalue weighted by Gasteiger charge is 2.21. The Kier molecular flexibility index (Phi) is 3.99. The molecule has 0 aromatic carbocycles. The normalized spacial score (nSPS) is 28.6. The van der Waals surface area contributed by atoms with E-state index >= 15 is 0 Å². The molecule has 2 aliphatic rings. The minimum absolute atomic E-state index is 0.297. The minimum atomic E-state index is 0.297. The van der Waals surface area contributed by atoms with Gasteiger partial charge in [-0.15, -0.1) is 0 Å². The molecular formula is C13H22N2O. The van der Waals surface area contributed by atoms with Crippen molar-refractivity contribution in [3.63, 3.8) is 0 Å². The van der Waals surface area contributed by atoms with Crippen LogP contribution >= 0.6 is 0 Å². The van der Waals surface area contributed by atoms with E-state index < -0.39 is 0 Å². The van der Waals surface area contributed by atoms with Crippen molar-refractivity contribution < 1.29 is 4.79 Å². The number of hydrogen-bond acceptors (Lipinski definition) is 2. The van der Waals surface area contributed by atoms with Crippen molar-refractivity contribution in [1.82, 2.24) is 10.2 Å². The van der Waals surface area contributed by atoms with Gasteiger partial charge in [-0.1, -0.05) is 12.2 Å². The van der Waals surface area contributed by atoms with Gasteiger partial charge in [0.1, 0.15) is 0 Å². The molecule has 1 fully saturated rings. The fourth-order valence-electron chi connectivity index (χ4n) is 2.59. The van der Waals surface area contributed by atoms with E-state index in [4.69, 9.17) is 0 Å². The third-order valence-electron chi connectivity index (χ3n) is 3.63. The summed E-state index contributed by atoms with van der Waals surface area (Å²) in [4.78, 5) is 13.8. The van der Waals surface area contributed by atoms with Crippen LogP contribution in [0.5, 0.6) is 0 Å². The van der Waals surface area contributed by atoms with Crippen molar-refractivity contribution in [3.8, 4) is 0 Å². The first-order valence-electron chi connectivity index (χ1n) is 6.39. The van der Waals surface area contributed by atoms with Gasteiger partial charge in [-0.3, -0.25) is 4.79 Å². The van der Waals surface area contributed by atoms with E-state index in [-0.39, 0.29) is 0 Å². The maximum Gasteiger partial charge on any atom is 0.222 e. The summed E-state index contributed by atoms with van der Waals surface area (Å²) in [7, 11) is 1.93. The molecule has 0 saturated carbocycles.